The van der Waals surface area contributed by atoms with Crippen LogP contribution in [0.2, 0.25) is 0 Å². The third-order valence-electron chi connectivity index (χ3n) is 3.54. The van der Waals surface area contributed by atoms with Gasteiger partial charge in [0.15, 0.2) is 0 Å². The summed E-state index contributed by atoms with van der Waals surface area (Å²) >= 11 is 1.69. The largest absolute Gasteiger partial charge is 0.444 e. The predicted molar refractivity (Wildman–Crippen MR) is 136 cm³/mol. The molecule has 0 aromatic carbocycles. The summed E-state index contributed by atoms with van der Waals surface area (Å²) in [7, 11) is 1.70. The van der Waals surface area contributed by atoms with Crippen molar-refractivity contribution in [1.82, 2.24) is 4.90 Å². The summed E-state index contributed by atoms with van der Waals surface area (Å²) in [5.74, 6) is 0. The van der Waals surface area contributed by atoms with Gasteiger partial charge in [0.2, 0.25) is 0 Å². The van der Waals surface area contributed by atoms with Crippen molar-refractivity contribution in [2.75, 3.05) is 26.8 Å². The number of hydrogen-bond acceptors (Lipinski definition) is 4. The van der Waals surface area contributed by atoms with Crippen molar-refractivity contribution in [2.45, 2.75) is 92.4 Å². The number of nitrogens with zero attached hydrogens (tertiary/aromatic N) is 1. The normalized spacial score (nSPS) is 13.0. The maximum Gasteiger partial charge on any atom is 0.410 e. The lowest BCUT2D eigenvalue weighted by atomic mass is 10.1. The summed E-state index contributed by atoms with van der Waals surface area (Å²) in [4.78, 5) is 15.0. The Morgan fingerprint density at radius 2 is 1.63 bits per heavy atom. The first kappa shape index (κ1) is 33.4. The molecule has 5 heteroatoms. The van der Waals surface area contributed by atoms with E-state index in [-0.39, 0.29) is 10.8 Å². The Kier molecular flexibility index (Phi) is 22.0. The third-order valence-corrected chi connectivity index (χ3v) is 4.75. The van der Waals surface area contributed by atoms with Crippen molar-refractivity contribution >= 4 is 17.9 Å². The molecule has 0 spiro atoms. The van der Waals surface area contributed by atoms with E-state index in [0.717, 1.165) is 17.7 Å². The zero-order chi connectivity index (χ0) is 24.2. The van der Waals surface area contributed by atoms with Gasteiger partial charge in [0.05, 0.1) is 6.61 Å². The lowest BCUT2D eigenvalue weighted by Gasteiger charge is -2.32. The van der Waals surface area contributed by atoms with Crippen molar-refractivity contribution < 1.29 is 14.3 Å². The molecule has 0 aromatic rings. The van der Waals surface area contributed by atoms with E-state index in [2.05, 4.69) is 26.5 Å². The number of methoxy groups -OCH3 is 1. The summed E-state index contributed by atoms with van der Waals surface area (Å²) in [5, 5.41) is 0. The first-order valence-electron chi connectivity index (χ1n) is 11.2. The van der Waals surface area contributed by atoms with Crippen LogP contribution in [0, 0.1) is 0 Å². The second-order valence-corrected chi connectivity index (χ2v) is 9.17. The molecule has 0 saturated heterocycles. The average molecular weight is 444 g/mol. The van der Waals surface area contributed by atoms with Gasteiger partial charge >= 0.3 is 6.09 Å². The number of hydrogen-bond donors (Lipinski definition) is 0. The van der Waals surface area contributed by atoms with Crippen LogP contribution in [0.15, 0.2) is 35.8 Å². The van der Waals surface area contributed by atoms with E-state index < -0.39 is 5.60 Å². The molecule has 0 saturated carbocycles. The molecule has 0 bridgehead atoms. The zero-order valence-corrected chi connectivity index (χ0v) is 22.4. The predicted octanol–water partition coefficient (Wildman–Crippen LogP) is 7.86. The fraction of sp³-hybridized carbons (Fsp3) is 0.720. The molecule has 1 unspecified atom stereocenters. The highest BCUT2D eigenvalue weighted by Gasteiger charge is 2.28. The van der Waals surface area contributed by atoms with Crippen LogP contribution >= 0.6 is 11.8 Å². The van der Waals surface area contributed by atoms with Crippen LogP contribution in [0.1, 0.15) is 82.1 Å². The number of thioether (sulfide) groups is 1. The summed E-state index contributed by atoms with van der Waals surface area (Å²) in [5.41, 5.74) is -0.486. The molecule has 4 nitrogen and oxygen atoms in total. The number of carbonyl (C=O) groups excluding carboxylic acids is 1. The van der Waals surface area contributed by atoms with Gasteiger partial charge in [0, 0.05) is 29.9 Å². The summed E-state index contributed by atoms with van der Waals surface area (Å²) in [6, 6.07) is 0. The lowest BCUT2D eigenvalue weighted by Crippen LogP contribution is -2.40. The van der Waals surface area contributed by atoms with E-state index in [0.29, 0.717) is 19.7 Å². The molecule has 0 N–H and O–H groups in total. The minimum Gasteiger partial charge on any atom is -0.444 e. The van der Waals surface area contributed by atoms with Gasteiger partial charge < -0.3 is 14.4 Å². The second-order valence-electron chi connectivity index (χ2n) is 7.46. The van der Waals surface area contributed by atoms with Gasteiger partial charge in [-0.3, -0.25) is 0 Å². The molecular formula is C25H49NO3S. The molecule has 0 aliphatic heterocycles. The zero-order valence-electron chi connectivity index (χ0n) is 21.6. The van der Waals surface area contributed by atoms with Crippen LogP contribution in [0.3, 0.4) is 0 Å². The van der Waals surface area contributed by atoms with Crippen molar-refractivity contribution in [3.63, 3.8) is 0 Å². The number of rotatable bonds is 11. The minimum atomic E-state index is -0.486. The number of amides is 1. The summed E-state index contributed by atoms with van der Waals surface area (Å²) in [6.07, 6.45) is 9.68. The summed E-state index contributed by atoms with van der Waals surface area (Å²) in [6.45, 7) is 25.8. The van der Waals surface area contributed by atoms with Crippen LogP contribution in [0.25, 0.3) is 0 Å². The van der Waals surface area contributed by atoms with Gasteiger partial charge in [-0.2, -0.15) is 0 Å². The van der Waals surface area contributed by atoms with Gasteiger partial charge in [-0.05, 0) is 53.5 Å². The molecule has 1 atom stereocenters. The van der Waals surface area contributed by atoms with E-state index in [1.54, 1.807) is 23.8 Å². The smallest absolute Gasteiger partial charge is 0.410 e. The third kappa shape index (κ3) is 18.8. The lowest BCUT2D eigenvalue weighted by molar-refractivity contribution is 0.0248. The number of allylic oxidation sites excluding steroid dienone is 4. The van der Waals surface area contributed by atoms with Gasteiger partial charge in [0.25, 0.3) is 0 Å². The Hall–Kier alpha value is -1.20. The van der Waals surface area contributed by atoms with Gasteiger partial charge in [-0.1, -0.05) is 59.4 Å². The van der Waals surface area contributed by atoms with E-state index in [1.165, 1.54) is 0 Å². The monoisotopic (exact) mass is 443 g/mol. The molecule has 0 aliphatic carbocycles. The van der Waals surface area contributed by atoms with Crippen molar-refractivity contribution in [2.24, 2.45) is 0 Å². The van der Waals surface area contributed by atoms with Crippen molar-refractivity contribution in [3.05, 3.63) is 35.8 Å². The summed E-state index contributed by atoms with van der Waals surface area (Å²) < 4.78 is 10.7. The molecular weight excluding hydrogens is 394 g/mol. The molecule has 0 aliphatic rings. The van der Waals surface area contributed by atoms with Crippen LogP contribution in [-0.4, -0.2) is 48.1 Å². The first-order chi connectivity index (χ1) is 14.1. The molecule has 0 fully saturated rings. The Bertz CT molecular complexity index is 495. The Labute approximate surface area is 192 Å². The Balaban J connectivity index is -0.00000171. The Morgan fingerprint density at radius 1 is 1.07 bits per heavy atom. The fourth-order valence-electron chi connectivity index (χ4n) is 2.26. The highest BCUT2D eigenvalue weighted by Crippen LogP contribution is 2.35. The van der Waals surface area contributed by atoms with Crippen LogP contribution in [0.5, 0.6) is 0 Å². The molecule has 0 aromatic heterocycles. The molecule has 0 radical (unpaired) electrons. The number of carbonyl (C=O) groups is 1. The molecule has 30 heavy (non-hydrogen) atoms. The maximum atomic E-state index is 12.3. The quantitative estimate of drug-likeness (QED) is 0.305. The van der Waals surface area contributed by atoms with Crippen molar-refractivity contribution in [3.8, 4) is 0 Å². The highest BCUT2D eigenvalue weighted by atomic mass is 32.2. The van der Waals surface area contributed by atoms with E-state index >= 15 is 0 Å². The average Bonchev–Trinajstić information content (AvgIpc) is 2.67. The van der Waals surface area contributed by atoms with Gasteiger partial charge in [-0.15, -0.1) is 11.8 Å². The standard InChI is InChI=1S/C21H37NO3S.2C2H6/c1-9-11-12-13-14-18(3)26-21(7,17-24-8)15-16-22(10-2)19(23)25-20(4,5)6;2*1-2/h11-14H,3,9-10,15-17H2,1-2,4-8H3;2*1-2H3/b12-11-,14-13-;;. The Morgan fingerprint density at radius 3 is 2.07 bits per heavy atom. The van der Waals surface area contributed by atoms with Crippen molar-refractivity contribution in [1.29, 1.82) is 0 Å². The molecule has 178 valence electrons. The van der Waals surface area contributed by atoms with Gasteiger partial charge in [0.1, 0.15) is 5.60 Å². The SMILES string of the molecule is C=C(/C=C\C=C/CC)SC(C)(CCN(CC)C(=O)OC(C)(C)C)COC.CC.CC. The van der Waals surface area contributed by atoms with E-state index in [4.69, 9.17) is 9.47 Å². The fourth-order valence-corrected chi connectivity index (χ4v) is 3.41. The molecule has 0 heterocycles. The second kappa shape index (κ2) is 19.7. The topological polar surface area (TPSA) is 38.8 Å². The number of ether oxygens (including phenoxy) is 2. The first-order valence-corrected chi connectivity index (χ1v) is 12.1. The molecule has 0 rings (SSSR count). The minimum absolute atomic E-state index is 0.167. The van der Waals surface area contributed by atoms with E-state index in [9.17, 15) is 4.79 Å². The van der Waals surface area contributed by atoms with Crippen LogP contribution in [-0.2, 0) is 9.47 Å². The highest BCUT2D eigenvalue weighted by molar-refractivity contribution is 8.04. The molecule has 1 amide bonds. The van der Waals surface area contributed by atoms with Crippen LogP contribution < -0.4 is 0 Å². The maximum absolute atomic E-state index is 12.3. The van der Waals surface area contributed by atoms with E-state index in [1.807, 2.05) is 73.6 Å². The van der Waals surface area contributed by atoms with Gasteiger partial charge in [-0.25, -0.2) is 4.79 Å². The van der Waals surface area contributed by atoms with Crippen LogP contribution in [0.4, 0.5) is 4.79 Å².